The molecule has 1 saturated heterocycles. The minimum atomic E-state index is -3.01. The Kier molecular flexibility index (Phi) is 5.16. The summed E-state index contributed by atoms with van der Waals surface area (Å²) in [4.78, 5) is 25.6. The van der Waals surface area contributed by atoms with Gasteiger partial charge in [0, 0.05) is 42.4 Å². The summed E-state index contributed by atoms with van der Waals surface area (Å²) in [7, 11) is 0. The number of aromatic nitrogens is 3. The van der Waals surface area contributed by atoms with Gasteiger partial charge in [-0.1, -0.05) is 0 Å². The van der Waals surface area contributed by atoms with Gasteiger partial charge in [-0.3, -0.25) is 0 Å². The third-order valence-electron chi connectivity index (χ3n) is 5.27. The van der Waals surface area contributed by atoms with Gasteiger partial charge in [-0.15, -0.1) is 0 Å². The molecule has 0 radical (unpaired) electrons. The SMILES string of the molecule is Nc1ncc(-c2cc(C3CCN(C(=O)[O-])CC3)nc(C3CC3)n2)cc1OC(F)F. The number of nitrogen functional groups attached to an aromatic ring is 1. The maximum Gasteiger partial charge on any atom is 0.387 e. The van der Waals surface area contributed by atoms with Crippen LogP contribution in [0.4, 0.5) is 19.4 Å². The van der Waals surface area contributed by atoms with Gasteiger partial charge in [-0.2, -0.15) is 8.78 Å². The molecule has 2 fully saturated rings. The van der Waals surface area contributed by atoms with Gasteiger partial charge in [0.05, 0.1) is 5.69 Å². The van der Waals surface area contributed by atoms with E-state index in [0.717, 1.165) is 18.5 Å². The Labute approximate surface area is 165 Å². The standard InChI is InChI=1S/C19H21F2N5O3/c20-18(21)29-15-7-12(9-23-16(15)22)14-8-13(24-17(25-14)11-1-2-11)10-3-5-26(6-4-10)19(27)28/h7-11,18H,1-6H2,(H2,22,23)(H,27,28)/p-1. The Balaban J connectivity index is 1.65. The van der Waals surface area contributed by atoms with Crippen LogP contribution in [0, 0.1) is 0 Å². The van der Waals surface area contributed by atoms with Crippen LogP contribution in [0.25, 0.3) is 11.3 Å². The van der Waals surface area contributed by atoms with Gasteiger partial charge in [0.25, 0.3) is 0 Å². The van der Waals surface area contributed by atoms with E-state index in [1.807, 2.05) is 6.07 Å². The van der Waals surface area contributed by atoms with Crippen molar-refractivity contribution in [2.75, 3.05) is 18.8 Å². The minimum Gasteiger partial charge on any atom is -0.530 e. The van der Waals surface area contributed by atoms with Crippen molar-refractivity contribution >= 4 is 11.9 Å². The van der Waals surface area contributed by atoms with Gasteiger partial charge >= 0.3 is 6.61 Å². The topological polar surface area (TPSA) is 117 Å². The van der Waals surface area contributed by atoms with Gasteiger partial charge in [0.2, 0.25) is 0 Å². The quantitative estimate of drug-likeness (QED) is 0.811. The molecule has 8 nitrogen and oxygen atoms in total. The second-order valence-electron chi connectivity index (χ2n) is 7.32. The number of carbonyl (C=O) groups excluding carboxylic acids is 1. The van der Waals surface area contributed by atoms with E-state index in [4.69, 9.17) is 10.7 Å². The monoisotopic (exact) mass is 404 g/mol. The summed E-state index contributed by atoms with van der Waals surface area (Å²) in [5.74, 6) is 0.764. The molecule has 2 aliphatic rings. The van der Waals surface area contributed by atoms with E-state index in [-0.39, 0.29) is 23.4 Å². The molecule has 1 aliphatic carbocycles. The van der Waals surface area contributed by atoms with Crippen LogP contribution in [-0.4, -0.2) is 45.6 Å². The zero-order chi connectivity index (χ0) is 20.5. The van der Waals surface area contributed by atoms with Crippen LogP contribution in [0.15, 0.2) is 18.3 Å². The van der Waals surface area contributed by atoms with Crippen molar-refractivity contribution in [3.05, 3.63) is 29.8 Å². The molecule has 0 atom stereocenters. The van der Waals surface area contributed by atoms with Crippen molar-refractivity contribution in [2.24, 2.45) is 0 Å². The molecular weight excluding hydrogens is 384 g/mol. The highest BCUT2D eigenvalue weighted by molar-refractivity contribution is 5.65. The Morgan fingerprint density at radius 2 is 1.90 bits per heavy atom. The number of piperidine rings is 1. The summed E-state index contributed by atoms with van der Waals surface area (Å²) in [5, 5.41) is 11.0. The van der Waals surface area contributed by atoms with Crippen molar-refractivity contribution in [3.8, 4) is 17.0 Å². The largest absolute Gasteiger partial charge is 0.530 e. The number of anilines is 1. The number of hydrogen-bond donors (Lipinski definition) is 1. The third kappa shape index (κ3) is 4.36. The highest BCUT2D eigenvalue weighted by atomic mass is 19.3. The average Bonchev–Trinajstić information content (AvgIpc) is 3.54. The first-order valence-corrected chi connectivity index (χ1v) is 9.46. The molecule has 4 rings (SSSR count). The highest BCUT2D eigenvalue weighted by Gasteiger charge is 2.29. The number of amides is 1. The van der Waals surface area contributed by atoms with Crippen molar-refractivity contribution in [1.82, 2.24) is 19.9 Å². The Hall–Kier alpha value is -3.04. The Morgan fingerprint density at radius 3 is 2.52 bits per heavy atom. The van der Waals surface area contributed by atoms with E-state index < -0.39 is 12.7 Å². The summed E-state index contributed by atoms with van der Waals surface area (Å²) in [6, 6.07) is 3.21. The van der Waals surface area contributed by atoms with E-state index >= 15 is 0 Å². The number of rotatable bonds is 5. The van der Waals surface area contributed by atoms with E-state index in [1.165, 1.54) is 17.2 Å². The molecule has 2 aromatic rings. The number of halogens is 2. The molecule has 3 heterocycles. The molecule has 154 valence electrons. The number of likely N-dealkylation sites (tertiary alicyclic amines) is 1. The fraction of sp³-hybridized carbons (Fsp3) is 0.474. The molecule has 0 spiro atoms. The highest BCUT2D eigenvalue weighted by Crippen LogP contribution is 2.40. The number of ether oxygens (including phenoxy) is 1. The molecule has 1 amide bonds. The lowest BCUT2D eigenvalue weighted by molar-refractivity contribution is -0.266. The van der Waals surface area contributed by atoms with Crippen molar-refractivity contribution < 1.29 is 23.4 Å². The maximum atomic E-state index is 12.6. The van der Waals surface area contributed by atoms with Crippen LogP contribution < -0.4 is 15.6 Å². The number of nitrogens with zero attached hydrogens (tertiary/aromatic N) is 4. The number of alkyl halides is 2. The van der Waals surface area contributed by atoms with Crippen LogP contribution in [0.2, 0.25) is 0 Å². The predicted octanol–water partition coefficient (Wildman–Crippen LogP) is 2.12. The van der Waals surface area contributed by atoms with E-state index in [2.05, 4.69) is 14.7 Å². The summed E-state index contributed by atoms with van der Waals surface area (Å²) < 4.78 is 29.7. The van der Waals surface area contributed by atoms with Gasteiger partial charge < -0.3 is 25.3 Å². The lowest BCUT2D eigenvalue weighted by Gasteiger charge is -2.33. The molecule has 10 heteroatoms. The summed E-state index contributed by atoms with van der Waals surface area (Å²) >= 11 is 0. The summed E-state index contributed by atoms with van der Waals surface area (Å²) in [5.41, 5.74) is 7.52. The lowest BCUT2D eigenvalue weighted by Crippen LogP contribution is -2.45. The molecule has 0 aromatic carbocycles. The minimum absolute atomic E-state index is 0.0865. The first-order valence-electron chi connectivity index (χ1n) is 9.46. The lowest BCUT2D eigenvalue weighted by atomic mass is 9.92. The van der Waals surface area contributed by atoms with E-state index in [1.54, 1.807) is 0 Å². The van der Waals surface area contributed by atoms with Crippen LogP contribution in [0.1, 0.15) is 49.0 Å². The van der Waals surface area contributed by atoms with Crippen LogP contribution >= 0.6 is 0 Å². The van der Waals surface area contributed by atoms with Crippen LogP contribution in [0.3, 0.4) is 0 Å². The van der Waals surface area contributed by atoms with Gasteiger partial charge in [0.15, 0.2) is 11.6 Å². The molecule has 29 heavy (non-hydrogen) atoms. The van der Waals surface area contributed by atoms with Gasteiger partial charge in [-0.25, -0.2) is 15.0 Å². The maximum absolute atomic E-state index is 12.6. The van der Waals surface area contributed by atoms with Crippen molar-refractivity contribution in [2.45, 2.75) is 44.1 Å². The molecule has 1 saturated carbocycles. The normalized spacial score (nSPS) is 17.6. The number of pyridine rings is 1. The number of hydrogen-bond acceptors (Lipinski definition) is 7. The fourth-order valence-corrected chi connectivity index (χ4v) is 3.51. The molecule has 0 unspecified atom stereocenters. The van der Waals surface area contributed by atoms with Gasteiger partial charge in [-0.05, 0) is 37.8 Å². The molecule has 2 aromatic heterocycles. The zero-order valence-corrected chi connectivity index (χ0v) is 15.6. The molecule has 1 aliphatic heterocycles. The number of carboxylic acid groups (broad SMARTS) is 1. The number of carbonyl (C=O) groups is 1. The van der Waals surface area contributed by atoms with Crippen molar-refractivity contribution in [3.63, 3.8) is 0 Å². The zero-order valence-electron chi connectivity index (χ0n) is 15.6. The predicted molar refractivity (Wildman–Crippen MR) is 97.2 cm³/mol. The van der Waals surface area contributed by atoms with Gasteiger partial charge in [0.1, 0.15) is 11.9 Å². The van der Waals surface area contributed by atoms with Crippen LogP contribution in [0.5, 0.6) is 5.75 Å². The first-order chi connectivity index (χ1) is 13.9. The van der Waals surface area contributed by atoms with E-state index in [0.29, 0.717) is 43.0 Å². The Morgan fingerprint density at radius 1 is 1.17 bits per heavy atom. The average molecular weight is 404 g/mol. The van der Waals surface area contributed by atoms with E-state index in [9.17, 15) is 18.7 Å². The molecule has 2 N–H and O–H groups in total. The second-order valence-corrected chi connectivity index (χ2v) is 7.32. The van der Waals surface area contributed by atoms with Crippen LogP contribution in [-0.2, 0) is 0 Å². The van der Waals surface area contributed by atoms with Crippen molar-refractivity contribution in [1.29, 1.82) is 0 Å². The summed E-state index contributed by atoms with van der Waals surface area (Å²) in [6.45, 7) is -2.23. The molecular formula is C19H20F2N5O3-. The summed E-state index contributed by atoms with van der Waals surface area (Å²) in [6.07, 6.45) is 3.58. The smallest absolute Gasteiger partial charge is 0.387 e. The number of nitrogens with two attached hydrogens (primary N) is 1. The Bertz CT molecular complexity index is 915. The third-order valence-corrected chi connectivity index (χ3v) is 5.27. The fourth-order valence-electron chi connectivity index (χ4n) is 3.51. The second kappa shape index (κ2) is 7.76. The molecule has 0 bridgehead atoms. The first kappa shape index (κ1) is 19.3.